The fourth-order valence-corrected chi connectivity index (χ4v) is 0.751. The molecule has 60 valence electrons. The van der Waals surface area contributed by atoms with E-state index >= 15 is 0 Å². The van der Waals surface area contributed by atoms with Crippen molar-refractivity contribution < 1.29 is 9.84 Å². The first-order chi connectivity index (χ1) is 4.81. The van der Waals surface area contributed by atoms with Crippen molar-refractivity contribution in [1.29, 1.82) is 0 Å². The molecule has 0 bridgehead atoms. The van der Waals surface area contributed by atoms with Gasteiger partial charge in [0.25, 0.3) is 0 Å². The molecule has 0 aliphatic rings. The topological polar surface area (TPSA) is 29.5 Å². The molecule has 2 heteroatoms. The van der Waals surface area contributed by atoms with E-state index in [1.165, 1.54) is 26.2 Å². The van der Waals surface area contributed by atoms with Gasteiger partial charge in [0.1, 0.15) is 12.0 Å². The molecule has 0 saturated carbocycles. The van der Waals surface area contributed by atoms with Crippen molar-refractivity contribution in [2.75, 3.05) is 7.11 Å². The highest BCUT2D eigenvalue weighted by Gasteiger charge is 1.91. The Balaban J connectivity index is 3.21. The lowest BCUT2D eigenvalue weighted by molar-refractivity contribution is 0.287. The van der Waals surface area contributed by atoms with Gasteiger partial charge in [0.2, 0.25) is 0 Å². The number of ether oxygens (including phenoxy) is 1. The highest BCUT2D eigenvalue weighted by atomic mass is 16.5. The summed E-state index contributed by atoms with van der Waals surface area (Å²) in [6.07, 6.45) is 5.52. The Morgan fingerprint density at radius 3 is 2.70 bits per heavy atom. The van der Waals surface area contributed by atoms with Crippen LogP contribution in [0.25, 0.3) is 0 Å². The van der Waals surface area contributed by atoms with Gasteiger partial charge < -0.3 is 9.84 Å². The summed E-state index contributed by atoms with van der Waals surface area (Å²) in [5.41, 5.74) is 0. The minimum atomic E-state index is 0.343. The van der Waals surface area contributed by atoms with Crippen LogP contribution in [0, 0.1) is 0 Å². The van der Waals surface area contributed by atoms with E-state index in [-0.39, 0.29) is 0 Å². The van der Waals surface area contributed by atoms with Gasteiger partial charge in [-0.15, -0.1) is 0 Å². The molecule has 0 saturated heterocycles. The Morgan fingerprint density at radius 2 is 2.20 bits per heavy atom. The van der Waals surface area contributed by atoms with E-state index in [0.717, 1.165) is 12.8 Å². The predicted molar refractivity (Wildman–Crippen MR) is 41.9 cm³/mol. The van der Waals surface area contributed by atoms with Gasteiger partial charge in [0.05, 0.1) is 7.11 Å². The molecule has 0 aromatic carbocycles. The number of hydrogen-bond acceptors (Lipinski definition) is 2. The van der Waals surface area contributed by atoms with E-state index < -0.39 is 0 Å². The maximum absolute atomic E-state index is 9.01. The summed E-state index contributed by atoms with van der Waals surface area (Å²) in [6, 6.07) is 0. The van der Waals surface area contributed by atoms with Crippen molar-refractivity contribution in [3.8, 4) is 0 Å². The van der Waals surface area contributed by atoms with Crippen molar-refractivity contribution in [1.82, 2.24) is 0 Å². The van der Waals surface area contributed by atoms with E-state index in [4.69, 9.17) is 5.11 Å². The third-order valence-corrected chi connectivity index (χ3v) is 1.29. The third-order valence-electron chi connectivity index (χ3n) is 1.29. The fourth-order valence-electron chi connectivity index (χ4n) is 0.751. The summed E-state index contributed by atoms with van der Waals surface area (Å²) in [7, 11) is 1.54. The fraction of sp³-hybridized carbons (Fsp3) is 0.750. The van der Waals surface area contributed by atoms with Gasteiger partial charge in [-0.3, -0.25) is 0 Å². The maximum atomic E-state index is 9.01. The number of allylic oxidation sites excluding steroid dienone is 1. The summed E-state index contributed by atoms with van der Waals surface area (Å²) >= 11 is 0. The number of aliphatic hydroxyl groups is 1. The van der Waals surface area contributed by atoms with Crippen molar-refractivity contribution in [2.45, 2.75) is 32.6 Å². The van der Waals surface area contributed by atoms with Crippen LogP contribution in [-0.2, 0) is 4.74 Å². The Kier molecular flexibility index (Phi) is 6.03. The van der Waals surface area contributed by atoms with Gasteiger partial charge in [-0.1, -0.05) is 19.8 Å². The van der Waals surface area contributed by atoms with E-state index in [0.29, 0.717) is 5.76 Å². The molecular weight excluding hydrogens is 128 g/mol. The van der Waals surface area contributed by atoms with Crippen LogP contribution in [0.5, 0.6) is 0 Å². The predicted octanol–water partition coefficient (Wildman–Crippen LogP) is 2.61. The highest BCUT2D eigenvalue weighted by molar-refractivity contribution is 4.83. The average Bonchev–Trinajstić information content (AvgIpc) is 1.89. The van der Waals surface area contributed by atoms with Crippen LogP contribution >= 0.6 is 0 Å². The van der Waals surface area contributed by atoms with Crippen LogP contribution in [0.3, 0.4) is 0 Å². The lowest BCUT2D eigenvalue weighted by Crippen LogP contribution is -1.83. The Morgan fingerprint density at radius 1 is 1.50 bits per heavy atom. The van der Waals surface area contributed by atoms with Gasteiger partial charge in [-0.2, -0.15) is 0 Å². The average molecular weight is 144 g/mol. The molecule has 0 heterocycles. The number of methoxy groups -OCH3 is 1. The molecule has 0 atom stereocenters. The molecule has 0 aliphatic carbocycles. The lowest BCUT2D eigenvalue weighted by Gasteiger charge is -1.97. The van der Waals surface area contributed by atoms with Gasteiger partial charge in [0.15, 0.2) is 0 Å². The van der Waals surface area contributed by atoms with Crippen LogP contribution in [0.4, 0.5) is 0 Å². The second-order valence-electron chi connectivity index (χ2n) is 2.30. The van der Waals surface area contributed by atoms with Gasteiger partial charge >= 0.3 is 0 Å². The van der Waals surface area contributed by atoms with Crippen molar-refractivity contribution in [3.05, 3.63) is 12.0 Å². The number of unbranched alkanes of at least 4 members (excludes halogenated alkanes) is 2. The number of aliphatic hydroxyl groups excluding tert-OH is 1. The Labute approximate surface area is 62.5 Å². The minimum Gasteiger partial charge on any atom is -0.509 e. The monoisotopic (exact) mass is 144 g/mol. The van der Waals surface area contributed by atoms with Crippen LogP contribution in [0.2, 0.25) is 0 Å². The third kappa shape index (κ3) is 5.48. The molecule has 1 N–H and O–H groups in total. The zero-order chi connectivity index (χ0) is 7.82. The van der Waals surface area contributed by atoms with Crippen LogP contribution in [0.15, 0.2) is 12.0 Å². The Bertz CT molecular complexity index is 97.4. The van der Waals surface area contributed by atoms with Gasteiger partial charge in [-0.25, -0.2) is 0 Å². The van der Waals surface area contributed by atoms with Crippen LogP contribution < -0.4 is 0 Å². The zero-order valence-corrected chi connectivity index (χ0v) is 6.76. The summed E-state index contributed by atoms with van der Waals surface area (Å²) in [5, 5.41) is 9.01. The summed E-state index contributed by atoms with van der Waals surface area (Å²) < 4.78 is 4.62. The molecule has 0 aromatic heterocycles. The number of hydrogen-bond donors (Lipinski definition) is 1. The highest BCUT2D eigenvalue weighted by Crippen LogP contribution is 2.05. The second kappa shape index (κ2) is 6.46. The first-order valence-corrected chi connectivity index (χ1v) is 3.72. The molecule has 0 amide bonds. The van der Waals surface area contributed by atoms with Gasteiger partial charge in [-0.05, 0) is 6.42 Å². The van der Waals surface area contributed by atoms with E-state index in [9.17, 15) is 0 Å². The smallest absolute Gasteiger partial charge is 0.127 e. The van der Waals surface area contributed by atoms with E-state index in [1.807, 2.05) is 0 Å². The first-order valence-electron chi connectivity index (χ1n) is 3.72. The number of rotatable bonds is 5. The van der Waals surface area contributed by atoms with E-state index in [2.05, 4.69) is 11.7 Å². The maximum Gasteiger partial charge on any atom is 0.127 e. The second-order valence-corrected chi connectivity index (χ2v) is 2.30. The molecule has 0 rings (SSSR count). The molecule has 0 aromatic rings. The molecular formula is C8H16O2. The summed E-state index contributed by atoms with van der Waals surface area (Å²) in [5.74, 6) is 0.343. The molecule has 2 nitrogen and oxygen atoms in total. The molecule has 10 heavy (non-hydrogen) atoms. The molecule has 0 aliphatic heterocycles. The molecule has 0 spiro atoms. The molecule has 0 radical (unpaired) electrons. The molecule has 0 fully saturated rings. The van der Waals surface area contributed by atoms with Crippen molar-refractivity contribution in [2.24, 2.45) is 0 Å². The van der Waals surface area contributed by atoms with Gasteiger partial charge in [0, 0.05) is 6.42 Å². The largest absolute Gasteiger partial charge is 0.509 e. The van der Waals surface area contributed by atoms with Crippen LogP contribution in [0.1, 0.15) is 32.6 Å². The molecule has 0 unspecified atom stereocenters. The quantitative estimate of drug-likeness (QED) is 0.474. The Hall–Kier alpha value is -0.660. The van der Waals surface area contributed by atoms with Crippen molar-refractivity contribution in [3.63, 3.8) is 0 Å². The summed E-state index contributed by atoms with van der Waals surface area (Å²) in [6.45, 7) is 2.14. The van der Waals surface area contributed by atoms with Crippen molar-refractivity contribution >= 4 is 0 Å². The normalized spacial score (nSPS) is 11.6. The standard InChI is InChI=1S/C8H16O2/c1-3-4-5-6-8(9)7-10-2/h7,9H,3-6H2,1-2H3/b8-7-. The van der Waals surface area contributed by atoms with Crippen LogP contribution in [-0.4, -0.2) is 12.2 Å². The minimum absolute atomic E-state index is 0.343. The lowest BCUT2D eigenvalue weighted by atomic mass is 10.2. The first kappa shape index (κ1) is 9.34. The van der Waals surface area contributed by atoms with E-state index in [1.54, 1.807) is 0 Å². The SMILES string of the molecule is CCCCC/C(O)=C/OC. The zero-order valence-electron chi connectivity index (χ0n) is 6.76. The summed E-state index contributed by atoms with van der Waals surface area (Å²) in [4.78, 5) is 0.